The average molecular weight is 165 g/mol. The second-order valence-corrected chi connectivity index (χ2v) is 4.04. The topological polar surface area (TPSA) is 12.9 Å². The van der Waals surface area contributed by atoms with Gasteiger partial charge in [0.2, 0.25) is 0 Å². The summed E-state index contributed by atoms with van der Waals surface area (Å²) in [5.41, 5.74) is 0.939. The summed E-state index contributed by atoms with van der Waals surface area (Å²) in [6.45, 7) is 7.54. The number of nitrogens with zero attached hydrogens (tertiary/aromatic N) is 1. The fraction of sp³-hybridized carbons (Fsp3) is 0.545. The fourth-order valence-electron chi connectivity index (χ4n) is 0.997. The minimum Gasteiger partial charge on any atom is -0.258 e. The lowest BCUT2D eigenvalue weighted by Crippen LogP contribution is -2.10. The van der Waals surface area contributed by atoms with E-state index in [0.717, 1.165) is 5.69 Å². The zero-order valence-corrected chi connectivity index (χ0v) is 8.18. The Labute approximate surface area is 77.7 Å². The predicted molar refractivity (Wildman–Crippen MR) is 52.1 cm³/mol. The molecule has 0 aliphatic heterocycles. The number of aryl methyl sites for hydroxylation is 1. The first kappa shape index (κ1) is 6.64. The van der Waals surface area contributed by atoms with Gasteiger partial charge in [-0.1, -0.05) is 26.8 Å². The number of aromatic nitrogens is 1. The van der Waals surface area contributed by atoms with Crippen molar-refractivity contribution in [2.75, 3.05) is 0 Å². The molecule has 66 valence electrons. The van der Waals surface area contributed by atoms with Crippen LogP contribution in [0, 0.1) is 12.3 Å². The van der Waals surface area contributed by atoms with E-state index in [1.807, 2.05) is 39.8 Å². The summed E-state index contributed by atoms with van der Waals surface area (Å²) in [7, 11) is 0. The molecular weight excluding hydrogens is 146 g/mol. The standard InChI is InChI=1S/C11H17N/c1-9-6-5-7-10(12-9)8-11(2,3)4/h5-7H,8H2,1-4H3/i8D2. The van der Waals surface area contributed by atoms with Crippen LogP contribution in [0.15, 0.2) is 18.2 Å². The van der Waals surface area contributed by atoms with Crippen LogP contribution in [0.2, 0.25) is 0 Å². The third-order valence-corrected chi connectivity index (χ3v) is 1.39. The average Bonchev–Trinajstić information content (AvgIpc) is 2.02. The van der Waals surface area contributed by atoms with Gasteiger partial charge in [-0.15, -0.1) is 0 Å². The van der Waals surface area contributed by atoms with E-state index in [1.165, 1.54) is 0 Å². The maximum absolute atomic E-state index is 8.02. The minimum atomic E-state index is -1.39. The SMILES string of the molecule is [2H]C([2H])(c1cccc(C)n1)C(C)(C)C. The lowest BCUT2D eigenvalue weighted by molar-refractivity contribution is 0.406. The van der Waals surface area contributed by atoms with Gasteiger partial charge in [0.1, 0.15) is 0 Å². The van der Waals surface area contributed by atoms with E-state index in [4.69, 9.17) is 2.74 Å². The van der Waals surface area contributed by atoms with Crippen molar-refractivity contribution in [3.63, 3.8) is 0 Å². The summed E-state index contributed by atoms with van der Waals surface area (Å²) in [5, 5.41) is 0. The molecule has 1 heterocycles. The van der Waals surface area contributed by atoms with Crippen molar-refractivity contribution in [1.82, 2.24) is 4.98 Å². The van der Waals surface area contributed by atoms with Crippen molar-refractivity contribution in [2.24, 2.45) is 5.41 Å². The van der Waals surface area contributed by atoms with Gasteiger partial charge in [-0.25, -0.2) is 0 Å². The molecule has 0 atom stereocenters. The van der Waals surface area contributed by atoms with Crippen molar-refractivity contribution in [3.8, 4) is 0 Å². The number of rotatable bonds is 1. The van der Waals surface area contributed by atoms with E-state index in [9.17, 15) is 0 Å². The zero-order valence-electron chi connectivity index (χ0n) is 10.2. The molecular formula is C11H17N. The van der Waals surface area contributed by atoms with Crippen LogP contribution in [0.25, 0.3) is 0 Å². The molecule has 0 unspecified atom stereocenters. The molecule has 0 saturated carbocycles. The quantitative estimate of drug-likeness (QED) is 0.623. The van der Waals surface area contributed by atoms with Gasteiger partial charge >= 0.3 is 0 Å². The van der Waals surface area contributed by atoms with Crippen molar-refractivity contribution in [1.29, 1.82) is 0 Å². The Morgan fingerprint density at radius 2 is 2.08 bits per heavy atom. The molecule has 0 spiro atoms. The van der Waals surface area contributed by atoms with E-state index < -0.39 is 11.8 Å². The number of hydrogen-bond donors (Lipinski definition) is 0. The monoisotopic (exact) mass is 165 g/mol. The fourth-order valence-corrected chi connectivity index (χ4v) is 0.997. The molecule has 0 radical (unpaired) electrons. The molecule has 0 bridgehead atoms. The summed E-state index contributed by atoms with van der Waals surface area (Å²) in [6, 6.07) is 5.47. The largest absolute Gasteiger partial charge is 0.258 e. The maximum atomic E-state index is 8.02. The van der Waals surface area contributed by atoms with E-state index in [1.54, 1.807) is 6.07 Å². The summed E-state index contributed by atoms with van der Waals surface area (Å²) >= 11 is 0. The summed E-state index contributed by atoms with van der Waals surface area (Å²) in [6.07, 6.45) is -1.39. The highest BCUT2D eigenvalue weighted by Crippen LogP contribution is 2.18. The molecule has 1 heteroatoms. The van der Waals surface area contributed by atoms with Crippen molar-refractivity contribution >= 4 is 0 Å². The van der Waals surface area contributed by atoms with Crippen LogP contribution < -0.4 is 0 Å². The van der Waals surface area contributed by atoms with Gasteiger partial charge in [0.15, 0.2) is 0 Å². The van der Waals surface area contributed by atoms with Crippen LogP contribution in [0.5, 0.6) is 0 Å². The van der Waals surface area contributed by atoms with Gasteiger partial charge in [0, 0.05) is 14.1 Å². The van der Waals surface area contributed by atoms with Crippen LogP contribution >= 0.6 is 0 Å². The summed E-state index contributed by atoms with van der Waals surface area (Å²) in [5.74, 6) is 0. The van der Waals surface area contributed by atoms with E-state index in [-0.39, 0.29) is 0 Å². The Balaban J connectivity index is 3.16. The molecule has 1 aromatic rings. The Morgan fingerprint density at radius 3 is 2.58 bits per heavy atom. The van der Waals surface area contributed by atoms with Gasteiger partial charge in [0.25, 0.3) is 0 Å². The molecule has 0 N–H and O–H groups in total. The van der Waals surface area contributed by atoms with Gasteiger partial charge in [-0.2, -0.15) is 0 Å². The van der Waals surface area contributed by atoms with Gasteiger partial charge < -0.3 is 0 Å². The van der Waals surface area contributed by atoms with E-state index >= 15 is 0 Å². The lowest BCUT2D eigenvalue weighted by Gasteiger charge is -2.17. The highest BCUT2D eigenvalue weighted by molar-refractivity contribution is 5.10. The molecule has 0 aliphatic rings. The zero-order chi connectivity index (χ0) is 11.0. The molecule has 1 rings (SSSR count). The first-order chi connectivity index (χ1) is 6.25. The van der Waals surface area contributed by atoms with Crippen molar-refractivity contribution < 1.29 is 2.74 Å². The Hall–Kier alpha value is -0.850. The second-order valence-electron chi connectivity index (χ2n) is 4.04. The maximum Gasteiger partial charge on any atom is 0.0412 e. The van der Waals surface area contributed by atoms with Crippen molar-refractivity contribution in [3.05, 3.63) is 29.6 Å². The molecule has 0 saturated heterocycles. The molecule has 0 aliphatic carbocycles. The third-order valence-electron chi connectivity index (χ3n) is 1.39. The van der Waals surface area contributed by atoms with E-state index in [0.29, 0.717) is 5.69 Å². The summed E-state index contributed by atoms with van der Waals surface area (Å²) < 4.78 is 16.0. The molecule has 1 aromatic heterocycles. The van der Waals surface area contributed by atoms with Crippen LogP contribution in [-0.2, 0) is 6.37 Å². The number of hydrogen-bond acceptors (Lipinski definition) is 1. The number of pyridine rings is 1. The molecule has 0 fully saturated rings. The molecule has 12 heavy (non-hydrogen) atoms. The molecule has 0 aromatic carbocycles. The van der Waals surface area contributed by atoms with Crippen molar-refractivity contribution in [2.45, 2.75) is 34.1 Å². The highest BCUT2D eigenvalue weighted by Gasteiger charge is 2.11. The Kier molecular flexibility index (Phi) is 1.80. The van der Waals surface area contributed by atoms with Crippen LogP contribution in [0.3, 0.4) is 0 Å². The Morgan fingerprint density at radius 1 is 1.42 bits per heavy atom. The first-order valence-electron chi connectivity index (χ1n) is 5.19. The predicted octanol–water partition coefficient (Wildman–Crippen LogP) is 2.98. The van der Waals surface area contributed by atoms with E-state index in [2.05, 4.69) is 4.98 Å². The van der Waals surface area contributed by atoms with Gasteiger partial charge in [-0.3, -0.25) is 4.98 Å². The van der Waals surface area contributed by atoms with Crippen LogP contribution in [0.1, 0.15) is 34.9 Å². The lowest BCUT2D eigenvalue weighted by atomic mass is 9.90. The van der Waals surface area contributed by atoms with Crippen LogP contribution in [-0.4, -0.2) is 4.98 Å². The summed E-state index contributed by atoms with van der Waals surface area (Å²) in [4.78, 5) is 4.24. The normalized spacial score (nSPS) is 15.3. The van der Waals surface area contributed by atoms with Gasteiger partial charge in [0.05, 0.1) is 0 Å². The van der Waals surface area contributed by atoms with Gasteiger partial charge in [-0.05, 0) is 30.8 Å². The molecule has 1 nitrogen and oxygen atoms in total. The Bertz CT molecular complexity index is 326. The molecule has 0 amide bonds. The second kappa shape index (κ2) is 3.26. The minimum absolute atomic E-state index is 0.437. The first-order valence-corrected chi connectivity index (χ1v) is 4.19. The third kappa shape index (κ3) is 3.04. The smallest absolute Gasteiger partial charge is 0.0412 e. The van der Waals surface area contributed by atoms with Crippen LogP contribution in [0.4, 0.5) is 0 Å². The highest BCUT2D eigenvalue weighted by atomic mass is 14.7.